The third kappa shape index (κ3) is 2.92. The summed E-state index contributed by atoms with van der Waals surface area (Å²) < 4.78 is 5.42. The number of anilines is 1. The van der Waals surface area contributed by atoms with Crippen molar-refractivity contribution < 1.29 is 14.3 Å². The van der Waals surface area contributed by atoms with E-state index >= 15 is 0 Å². The van der Waals surface area contributed by atoms with Gasteiger partial charge < -0.3 is 9.64 Å². The molecule has 0 radical (unpaired) electrons. The van der Waals surface area contributed by atoms with Gasteiger partial charge in [0.1, 0.15) is 0 Å². The summed E-state index contributed by atoms with van der Waals surface area (Å²) in [5.41, 5.74) is 4.41. The van der Waals surface area contributed by atoms with Crippen LogP contribution in [0.15, 0.2) is 42.5 Å². The van der Waals surface area contributed by atoms with E-state index in [0.29, 0.717) is 18.5 Å². The van der Waals surface area contributed by atoms with Crippen LogP contribution < -0.4 is 4.90 Å². The van der Waals surface area contributed by atoms with Gasteiger partial charge >= 0.3 is 5.97 Å². The van der Waals surface area contributed by atoms with E-state index in [1.807, 2.05) is 51.1 Å². The first-order valence-corrected chi connectivity index (χ1v) is 8.18. The van der Waals surface area contributed by atoms with Crippen LogP contribution >= 0.6 is 0 Å². The molecule has 1 heterocycles. The summed E-state index contributed by atoms with van der Waals surface area (Å²) in [6.07, 6.45) is -0.352. The number of hydrogen-bond donors (Lipinski definition) is 0. The number of cyclic esters (lactones) is 1. The Bertz CT molecular complexity index is 797. The number of rotatable bonds is 3. The van der Waals surface area contributed by atoms with Crippen LogP contribution in [0.5, 0.6) is 0 Å². The lowest BCUT2D eigenvalue weighted by molar-refractivity contribution is -0.127. The molecule has 0 saturated heterocycles. The van der Waals surface area contributed by atoms with Crippen LogP contribution in [-0.2, 0) is 16.0 Å². The number of nitrogens with zero attached hydrogens (tertiary/aromatic N) is 1. The molecule has 1 aliphatic heterocycles. The van der Waals surface area contributed by atoms with Crippen molar-refractivity contribution in [2.75, 3.05) is 11.4 Å². The second-order valence-electron chi connectivity index (χ2n) is 6.13. The highest BCUT2D eigenvalue weighted by molar-refractivity contribution is 6.01. The van der Waals surface area contributed by atoms with E-state index in [-0.39, 0.29) is 5.91 Å². The Morgan fingerprint density at radius 1 is 1.21 bits per heavy atom. The third-order valence-corrected chi connectivity index (χ3v) is 4.41. The van der Waals surface area contributed by atoms with Gasteiger partial charge in [0, 0.05) is 18.7 Å². The highest BCUT2D eigenvalue weighted by Crippen LogP contribution is 2.26. The van der Waals surface area contributed by atoms with E-state index in [1.54, 1.807) is 17.0 Å². The van der Waals surface area contributed by atoms with Crippen molar-refractivity contribution in [2.45, 2.75) is 33.3 Å². The standard InChI is InChI=1S/C20H21NO3/c1-4-21(17-11-13(2)9-10-14(17)3)19(22)18-12-15-7-5-6-8-16(15)20(23)24-18/h5-11,18H,4,12H2,1-3H3/t18-/m0/s1. The van der Waals surface area contributed by atoms with Gasteiger partial charge in [-0.1, -0.05) is 30.3 Å². The number of aryl methyl sites for hydroxylation is 2. The van der Waals surface area contributed by atoms with Crippen molar-refractivity contribution in [3.05, 3.63) is 64.7 Å². The predicted molar refractivity (Wildman–Crippen MR) is 93.3 cm³/mol. The van der Waals surface area contributed by atoms with Crippen LogP contribution in [0.3, 0.4) is 0 Å². The van der Waals surface area contributed by atoms with Crippen LogP contribution in [0, 0.1) is 13.8 Å². The molecule has 1 amide bonds. The Balaban J connectivity index is 1.90. The van der Waals surface area contributed by atoms with Gasteiger partial charge in [0.15, 0.2) is 6.10 Å². The number of carbonyl (C=O) groups is 2. The van der Waals surface area contributed by atoms with Crippen molar-refractivity contribution in [2.24, 2.45) is 0 Å². The van der Waals surface area contributed by atoms with Gasteiger partial charge in [-0.2, -0.15) is 0 Å². The maximum atomic E-state index is 13.0. The Kier molecular flexibility index (Phi) is 4.38. The van der Waals surface area contributed by atoms with Gasteiger partial charge in [0.25, 0.3) is 5.91 Å². The van der Waals surface area contributed by atoms with Crippen LogP contribution in [0.4, 0.5) is 5.69 Å². The lowest BCUT2D eigenvalue weighted by Gasteiger charge is -2.30. The number of ether oxygens (including phenoxy) is 1. The highest BCUT2D eigenvalue weighted by atomic mass is 16.5. The first-order chi connectivity index (χ1) is 11.5. The molecule has 1 atom stereocenters. The molecule has 3 rings (SSSR count). The van der Waals surface area contributed by atoms with E-state index in [1.165, 1.54) is 0 Å². The van der Waals surface area contributed by atoms with E-state index < -0.39 is 12.1 Å². The van der Waals surface area contributed by atoms with E-state index in [9.17, 15) is 9.59 Å². The topological polar surface area (TPSA) is 46.6 Å². The van der Waals surface area contributed by atoms with Crippen LogP contribution in [0.1, 0.15) is 34.0 Å². The molecule has 4 nitrogen and oxygen atoms in total. The average Bonchev–Trinajstić information content (AvgIpc) is 2.58. The van der Waals surface area contributed by atoms with Gasteiger partial charge in [-0.25, -0.2) is 4.79 Å². The molecule has 0 saturated carbocycles. The Morgan fingerprint density at radius 2 is 1.96 bits per heavy atom. The normalized spacial score (nSPS) is 16.3. The molecule has 0 aromatic heterocycles. The molecule has 4 heteroatoms. The molecule has 124 valence electrons. The fourth-order valence-corrected chi connectivity index (χ4v) is 3.10. The first-order valence-electron chi connectivity index (χ1n) is 8.18. The van der Waals surface area contributed by atoms with E-state index in [4.69, 9.17) is 4.74 Å². The molecule has 24 heavy (non-hydrogen) atoms. The number of likely N-dealkylation sites (N-methyl/N-ethyl adjacent to an activating group) is 1. The molecule has 0 aliphatic carbocycles. The Morgan fingerprint density at radius 3 is 2.71 bits per heavy atom. The summed E-state index contributed by atoms with van der Waals surface area (Å²) in [6.45, 7) is 6.43. The minimum Gasteiger partial charge on any atom is -0.448 e. The summed E-state index contributed by atoms with van der Waals surface area (Å²) in [5.74, 6) is -0.596. The van der Waals surface area contributed by atoms with Crippen LogP contribution in [0.2, 0.25) is 0 Å². The molecule has 0 fully saturated rings. The predicted octanol–water partition coefficient (Wildman–Crippen LogP) is 3.44. The lowest BCUT2D eigenvalue weighted by atomic mass is 9.97. The molecule has 0 N–H and O–H groups in total. The molecule has 0 bridgehead atoms. The summed E-state index contributed by atoms with van der Waals surface area (Å²) >= 11 is 0. The number of benzene rings is 2. The Labute approximate surface area is 142 Å². The molecule has 0 spiro atoms. The zero-order valence-corrected chi connectivity index (χ0v) is 14.2. The highest BCUT2D eigenvalue weighted by Gasteiger charge is 2.34. The minimum atomic E-state index is -0.771. The van der Waals surface area contributed by atoms with Crippen LogP contribution in [-0.4, -0.2) is 24.5 Å². The third-order valence-electron chi connectivity index (χ3n) is 4.41. The zero-order chi connectivity index (χ0) is 17.3. The second kappa shape index (κ2) is 6.48. The SMILES string of the molecule is CCN(C(=O)[C@@H]1Cc2ccccc2C(=O)O1)c1cc(C)ccc1C. The van der Waals surface area contributed by atoms with Crippen molar-refractivity contribution in [1.29, 1.82) is 0 Å². The molecular formula is C20H21NO3. The zero-order valence-electron chi connectivity index (χ0n) is 14.2. The molecular weight excluding hydrogens is 302 g/mol. The van der Waals surface area contributed by atoms with Crippen LogP contribution in [0.25, 0.3) is 0 Å². The van der Waals surface area contributed by atoms with Crippen molar-refractivity contribution in [1.82, 2.24) is 0 Å². The molecule has 1 aliphatic rings. The lowest BCUT2D eigenvalue weighted by Crippen LogP contribution is -2.44. The molecule has 2 aromatic rings. The smallest absolute Gasteiger partial charge is 0.339 e. The molecule has 0 unspecified atom stereocenters. The van der Waals surface area contributed by atoms with E-state index in [2.05, 4.69) is 0 Å². The van der Waals surface area contributed by atoms with Crippen molar-refractivity contribution in [3.8, 4) is 0 Å². The van der Waals surface area contributed by atoms with Gasteiger partial charge in [-0.3, -0.25) is 4.79 Å². The maximum Gasteiger partial charge on any atom is 0.339 e. The van der Waals surface area contributed by atoms with Gasteiger partial charge in [-0.15, -0.1) is 0 Å². The van der Waals surface area contributed by atoms with Crippen molar-refractivity contribution in [3.63, 3.8) is 0 Å². The van der Waals surface area contributed by atoms with Gasteiger partial charge in [0.05, 0.1) is 5.56 Å². The quantitative estimate of drug-likeness (QED) is 0.813. The maximum absolute atomic E-state index is 13.0. The monoisotopic (exact) mass is 323 g/mol. The minimum absolute atomic E-state index is 0.172. The summed E-state index contributed by atoms with van der Waals surface area (Å²) in [5, 5.41) is 0. The number of carbonyl (C=O) groups excluding carboxylic acids is 2. The first kappa shape index (κ1) is 16.2. The van der Waals surface area contributed by atoms with Gasteiger partial charge in [0.2, 0.25) is 0 Å². The molecule has 2 aromatic carbocycles. The van der Waals surface area contributed by atoms with Crippen molar-refractivity contribution >= 4 is 17.6 Å². The van der Waals surface area contributed by atoms with Gasteiger partial charge in [-0.05, 0) is 49.6 Å². The second-order valence-corrected chi connectivity index (χ2v) is 6.13. The Hall–Kier alpha value is -2.62. The fraction of sp³-hybridized carbons (Fsp3) is 0.300. The average molecular weight is 323 g/mol. The number of amides is 1. The number of esters is 1. The number of fused-ring (bicyclic) bond motifs is 1. The fourth-order valence-electron chi connectivity index (χ4n) is 3.10. The number of hydrogen-bond acceptors (Lipinski definition) is 3. The van der Waals surface area contributed by atoms with E-state index in [0.717, 1.165) is 22.4 Å². The summed E-state index contributed by atoms with van der Waals surface area (Å²) in [4.78, 5) is 26.9. The summed E-state index contributed by atoms with van der Waals surface area (Å²) in [6, 6.07) is 13.3. The summed E-state index contributed by atoms with van der Waals surface area (Å²) in [7, 11) is 0. The largest absolute Gasteiger partial charge is 0.448 e.